The lowest BCUT2D eigenvalue weighted by Gasteiger charge is -2.31. The van der Waals surface area contributed by atoms with E-state index in [4.69, 9.17) is 14.2 Å². The third-order valence-corrected chi connectivity index (χ3v) is 2.80. The van der Waals surface area contributed by atoms with Crippen molar-refractivity contribution in [3.63, 3.8) is 0 Å². The predicted octanol–water partition coefficient (Wildman–Crippen LogP) is 1.67. The maximum absolute atomic E-state index is 12.4. The number of hydrogen-bond donors (Lipinski definition) is 1. The third kappa shape index (κ3) is 12.4. The van der Waals surface area contributed by atoms with E-state index in [1.165, 1.54) is 4.90 Å². The number of carbonyl (C=O) groups excluding carboxylic acids is 3. The molecule has 0 spiro atoms. The zero-order valence-corrected chi connectivity index (χ0v) is 18.0. The van der Waals surface area contributed by atoms with Gasteiger partial charge in [-0.15, -0.1) is 0 Å². The highest BCUT2D eigenvalue weighted by molar-refractivity contribution is 5.80. The highest BCUT2D eigenvalue weighted by Gasteiger charge is 2.34. The summed E-state index contributed by atoms with van der Waals surface area (Å²) in [6.07, 6.45) is 0. The number of esters is 3. The monoisotopic (exact) mass is 389 g/mol. The Balaban J connectivity index is 5.43. The second-order valence-corrected chi connectivity index (χ2v) is 9.31. The Morgan fingerprint density at radius 1 is 0.741 bits per heavy atom. The van der Waals surface area contributed by atoms with Gasteiger partial charge in [-0.05, 0) is 62.3 Å². The molecule has 0 heterocycles. The quantitative estimate of drug-likeness (QED) is 0.518. The van der Waals surface area contributed by atoms with Crippen LogP contribution in [-0.2, 0) is 28.6 Å². The predicted molar refractivity (Wildman–Crippen MR) is 100.0 cm³/mol. The summed E-state index contributed by atoms with van der Waals surface area (Å²) >= 11 is 0. The molecule has 0 aliphatic heterocycles. The lowest BCUT2D eigenvalue weighted by molar-refractivity contribution is -0.169. The zero-order chi connectivity index (χ0) is 21.6. The lowest BCUT2D eigenvalue weighted by atomic mass is 10.1. The van der Waals surface area contributed by atoms with Crippen molar-refractivity contribution in [1.82, 2.24) is 4.90 Å². The molecule has 0 fully saturated rings. The van der Waals surface area contributed by atoms with Crippen LogP contribution in [0.5, 0.6) is 0 Å². The van der Waals surface area contributed by atoms with Gasteiger partial charge in [-0.25, -0.2) is 0 Å². The Bertz CT molecular complexity index is 494. The van der Waals surface area contributed by atoms with Gasteiger partial charge in [0, 0.05) is 0 Å². The molecule has 0 amide bonds. The fraction of sp³-hybridized carbons (Fsp3) is 0.842. The molecule has 0 radical (unpaired) electrons. The van der Waals surface area contributed by atoms with E-state index < -0.39 is 47.4 Å². The summed E-state index contributed by atoms with van der Waals surface area (Å²) in [5.74, 6) is -2.00. The van der Waals surface area contributed by atoms with Crippen LogP contribution in [-0.4, -0.2) is 70.5 Å². The van der Waals surface area contributed by atoms with Crippen LogP contribution in [0.15, 0.2) is 0 Å². The Kier molecular flexibility index (Phi) is 8.92. The number of carbonyl (C=O) groups is 3. The molecule has 0 aromatic carbocycles. The van der Waals surface area contributed by atoms with Crippen molar-refractivity contribution in [2.24, 2.45) is 0 Å². The average molecular weight is 389 g/mol. The number of hydrogen-bond acceptors (Lipinski definition) is 8. The van der Waals surface area contributed by atoms with E-state index in [0.29, 0.717) is 0 Å². The highest BCUT2D eigenvalue weighted by atomic mass is 16.6. The summed E-state index contributed by atoms with van der Waals surface area (Å²) in [4.78, 5) is 38.1. The molecule has 0 aliphatic carbocycles. The first-order chi connectivity index (χ1) is 11.9. The van der Waals surface area contributed by atoms with Gasteiger partial charge < -0.3 is 19.3 Å². The van der Waals surface area contributed by atoms with Gasteiger partial charge in [0.15, 0.2) is 0 Å². The van der Waals surface area contributed by atoms with Gasteiger partial charge in [-0.1, -0.05) is 0 Å². The van der Waals surface area contributed by atoms with Gasteiger partial charge in [-0.2, -0.15) is 0 Å². The molecular formula is C19H35NO7. The molecule has 0 saturated heterocycles. The van der Waals surface area contributed by atoms with Crippen molar-refractivity contribution in [3.8, 4) is 0 Å². The second kappa shape index (κ2) is 9.50. The van der Waals surface area contributed by atoms with Crippen LogP contribution in [0.2, 0.25) is 0 Å². The zero-order valence-electron chi connectivity index (χ0n) is 18.0. The van der Waals surface area contributed by atoms with E-state index in [2.05, 4.69) is 0 Å². The van der Waals surface area contributed by atoms with Crippen LogP contribution in [0.3, 0.4) is 0 Å². The minimum Gasteiger partial charge on any atom is -0.459 e. The molecule has 0 aromatic heterocycles. The SMILES string of the molecule is CC(C)(C)OC(=O)CN(CC(=O)OC(C)(C)C)[C@@H](CO)C(=O)OC(C)(C)C. The molecule has 0 saturated carbocycles. The van der Waals surface area contributed by atoms with Gasteiger partial charge in [0.1, 0.15) is 22.8 Å². The van der Waals surface area contributed by atoms with Crippen LogP contribution < -0.4 is 0 Å². The van der Waals surface area contributed by atoms with Crippen LogP contribution >= 0.6 is 0 Å². The minimum absolute atomic E-state index is 0.374. The average Bonchev–Trinajstić information content (AvgIpc) is 2.31. The summed E-state index contributed by atoms with van der Waals surface area (Å²) in [6.45, 7) is 13.9. The Labute approximate surface area is 162 Å². The second-order valence-electron chi connectivity index (χ2n) is 9.31. The van der Waals surface area contributed by atoms with Crippen LogP contribution in [0.25, 0.3) is 0 Å². The van der Waals surface area contributed by atoms with Gasteiger partial charge in [-0.3, -0.25) is 19.3 Å². The lowest BCUT2D eigenvalue weighted by Crippen LogP contribution is -2.51. The van der Waals surface area contributed by atoms with E-state index in [1.54, 1.807) is 62.3 Å². The van der Waals surface area contributed by atoms with E-state index in [9.17, 15) is 19.5 Å². The van der Waals surface area contributed by atoms with Crippen molar-refractivity contribution in [3.05, 3.63) is 0 Å². The van der Waals surface area contributed by atoms with Gasteiger partial charge in [0.05, 0.1) is 19.7 Å². The molecule has 0 aromatic rings. The number of aliphatic hydroxyl groups excluding tert-OH is 1. The molecule has 1 N–H and O–H groups in total. The first-order valence-electron chi connectivity index (χ1n) is 8.95. The van der Waals surface area contributed by atoms with Crippen molar-refractivity contribution < 1.29 is 33.7 Å². The minimum atomic E-state index is -1.20. The Morgan fingerprint density at radius 2 is 1.07 bits per heavy atom. The Hall–Kier alpha value is -1.67. The molecule has 0 aliphatic rings. The summed E-state index contributed by atoms with van der Waals surface area (Å²) in [5, 5.41) is 9.71. The van der Waals surface area contributed by atoms with Gasteiger partial charge in [0.25, 0.3) is 0 Å². The number of aliphatic hydroxyl groups is 1. The number of ether oxygens (including phenoxy) is 3. The molecule has 158 valence electrons. The molecular weight excluding hydrogens is 354 g/mol. The molecule has 27 heavy (non-hydrogen) atoms. The maximum atomic E-state index is 12.4. The van der Waals surface area contributed by atoms with Crippen molar-refractivity contribution >= 4 is 17.9 Å². The highest BCUT2D eigenvalue weighted by Crippen LogP contribution is 2.14. The molecule has 0 rings (SSSR count). The normalized spacial score (nSPS) is 13.9. The summed E-state index contributed by atoms with van der Waals surface area (Å²) in [7, 11) is 0. The molecule has 0 bridgehead atoms. The topological polar surface area (TPSA) is 102 Å². The fourth-order valence-electron chi connectivity index (χ4n) is 2.06. The van der Waals surface area contributed by atoms with E-state index in [1.807, 2.05) is 0 Å². The summed E-state index contributed by atoms with van der Waals surface area (Å²) < 4.78 is 15.8. The molecule has 1 atom stereocenters. The third-order valence-electron chi connectivity index (χ3n) is 2.80. The van der Waals surface area contributed by atoms with Crippen molar-refractivity contribution in [2.45, 2.75) is 85.2 Å². The van der Waals surface area contributed by atoms with Gasteiger partial charge >= 0.3 is 17.9 Å². The van der Waals surface area contributed by atoms with Crippen LogP contribution in [0.1, 0.15) is 62.3 Å². The summed E-state index contributed by atoms with van der Waals surface area (Å²) in [5.41, 5.74) is -2.24. The number of nitrogens with zero attached hydrogens (tertiary/aromatic N) is 1. The van der Waals surface area contributed by atoms with E-state index >= 15 is 0 Å². The van der Waals surface area contributed by atoms with Crippen LogP contribution in [0.4, 0.5) is 0 Å². The van der Waals surface area contributed by atoms with Crippen molar-refractivity contribution in [2.75, 3.05) is 19.7 Å². The van der Waals surface area contributed by atoms with Crippen LogP contribution in [0, 0.1) is 0 Å². The number of rotatable bonds is 7. The maximum Gasteiger partial charge on any atom is 0.326 e. The first-order valence-corrected chi connectivity index (χ1v) is 8.95. The fourth-order valence-corrected chi connectivity index (χ4v) is 2.06. The van der Waals surface area contributed by atoms with Gasteiger partial charge in [0.2, 0.25) is 0 Å². The molecule has 8 heteroatoms. The van der Waals surface area contributed by atoms with E-state index in [0.717, 1.165) is 0 Å². The standard InChI is InChI=1S/C19H35NO7/c1-17(2,3)25-14(22)10-20(11-15(23)26-18(4,5)6)13(12-21)16(24)27-19(7,8)9/h13,21H,10-12H2,1-9H3/t13-/m0/s1. The summed E-state index contributed by atoms with van der Waals surface area (Å²) in [6, 6.07) is -1.20. The smallest absolute Gasteiger partial charge is 0.326 e. The van der Waals surface area contributed by atoms with Crippen molar-refractivity contribution in [1.29, 1.82) is 0 Å². The van der Waals surface area contributed by atoms with E-state index in [-0.39, 0.29) is 13.1 Å². The molecule has 0 unspecified atom stereocenters. The largest absolute Gasteiger partial charge is 0.459 e. The Morgan fingerprint density at radius 3 is 1.33 bits per heavy atom. The first kappa shape index (κ1) is 25.3. The molecule has 8 nitrogen and oxygen atoms in total.